The van der Waals surface area contributed by atoms with Crippen LogP contribution in [0, 0.1) is 5.92 Å². The lowest BCUT2D eigenvalue weighted by Crippen LogP contribution is -2.47. The number of hydrogen-bond acceptors (Lipinski definition) is 3. The van der Waals surface area contributed by atoms with Crippen molar-refractivity contribution in [3.8, 4) is 0 Å². The Morgan fingerprint density at radius 1 is 1.22 bits per heavy atom. The lowest BCUT2D eigenvalue weighted by atomic mass is 9.87. The first-order chi connectivity index (χ1) is 11.2. The summed E-state index contributed by atoms with van der Waals surface area (Å²) in [5, 5.41) is 7.53. The van der Waals surface area contributed by atoms with Crippen molar-refractivity contribution >= 4 is 17.5 Å². The molecule has 4 rings (SSSR count). The van der Waals surface area contributed by atoms with Gasteiger partial charge in [0.05, 0.1) is 12.0 Å². The van der Waals surface area contributed by atoms with Crippen molar-refractivity contribution in [1.29, 1.82) is 0 Å². The van der Waals surface area contributed by atoms with Gasteiger partial charge >= 0.3 is 0 Å². The van der Waals surface area contributed by atoms with Gasteiger partial charge in [-0.1, -0.05) is 23.7 Å². The Balaban J connectivity index is 1.45. The van der Waals surface area contributed by atoms with E-state index in [1.807, 2.05) is 24.3 Å². The molecule has 5 atom stereocenters. The lowest BCUT2D eigenvalue weighted by molar-refractivity contribution is -0.128. The fourth-order valence-electron chi connectivity index (χ4n) is 4.31. The summed E-state index contributed by atoms with van der Waals surface area (Å²) in [7, 11) is 0. The predicted molar refractivity (Wildman–Crippen MR) is 89.4 cm³/mol. The molecule has 0 spiro atoms. The summed E-state index contributed by atoms with van der Waals surface area (Å²) < 4.78 is 5.97. The average molecular weight is 335 g/mol. The van der Waals surface area contributed by atoms with Crippen molar-refractivity contribution in [1.82, 2.24) is 10.6 Å². The largest absolute Gasteiger partial charge is 0.371 e. The molecular formula is C18H23ClN2O2. The number of rotatable bonds is 3. The monoisotopic (exact) mass is 334 g/mol. The van der Waals surface area contributed by atoms with Crippen molar-refractivity contribution in [2.75, 3.05) is 6.61 Å². The quantitative estimate of drug-likeness (QED) is 0.893. The van der Waals surface area contributed by atoms with Crippen LogP contribution in [-0.2, 0) is 9.53 Å². The lowest BCUT2D eigenvalue weighted by Gasteiger charge is -2.34. The summed E-state index contributed by atoms with van der Waals surface area (Å²) >= 11 is 5.98. The maximum Gasteiger partial charge on any atom is 0.225 e. The predicted octanol–water partition coefficient (Wildman–Crippen LogP) is 2.82. The van der Waals surface area contributed by atoms with E-state index in [2.05, 4.69) is 10.6 Å². The van der Waals surface area contributed by atoms with Gasteiger partial charge in [0.1, 0.15) is 6.10 Å². The van der Waals surface area contributed by atoms with E-state index in [-0.39, 0.29) is 24.0 Å². The van der Waals surface area contributed by atoms with Gasteiger partial charge in [-0.3, -0.25) is 4.79 Å². The second-order valence-corrected chi connectivity index (χ2v) is 7.43. The summed E-state index contributed by atoms with van der Waals surface area (Å²) in [6, 6.07) is 8.73. The van der Waals surface area contributed by atoms with Gasteiger partial charge in [0.2, 0.25) is 5.91 Å². The van der Waals surface area contributed by atoms with Gasteiger partial charge in [0.15, 0.2) is 0 Å². The molecule has 1 aromatic rings. The van der Waals surface area contributed by atoms with Gasteiger partial charge in [-0.15, -0.1) is 0 Å². The highest BCUT2D eigenvalue weighted by molar-refractivity contribution is 6.30. The highest BCUT2D eigenvalue weighted by atomic mass is 35.5. The average Bonchev–Trinajstić information content (AvgIpc) is 3.19. The minimum atomic E-state index is -0.0727. The molecule has 5 heteroatoms. The molecule has 0 unspecified atom stereocenters. The Hall–Kier alpha value is -1.10. The molecule has 124 valence electrons. The highest BCUT2D eigenvalue weighted by Gasteiger charge is 2.43. The zero-order valence-corrected chi connectivity index (χ0v) is 13.9. The SMILES string of the molecule is O=C(N[C@@H]1CCCO[C@H]1c1ccc(Cl)cc1)[C@@H]1C[C@H]2CC[C@@H]1N2. The number of nitrogens with one attached hydrogen (secondary N) is 2. The first kappa shape index (κ1) is 15.4. The third kappa shape index (κ3) is 3.12. The van der Waals surface area contributed by atoms with Crippen LogP contribution in [0.5, 0.6) is 0 Å². The molecule has 0 aliphatic carbocycles. The molecule has 0 aromatic heterocycles. The Bertz CT molecular complexity index is 577. The van der Waals surface area contributed by atoms with Crippen LogP contribution in [0.1, 0.15) is 43.8 Å². The number of carbonyl (C=O) groups is 1. The highest BCUT2D eigenvalue weighted by Crippen LogP contribution is 2.34. The van der Waals surface area contributed by atoms with Gasteiger partial charge in [-0.25, -0.2) is 0 Å². The molecule has 2 N–H and O–H groups in total. The molecule has 1 aromatic carbocycles. The summed E-state index contributed by atoms with van der Waals surface area (Å²) in [6.07, 6.45) is 5.21. The van der Waals surface area contributed by atoms with E-state index in [4.69, 9.17) is 16.3 Å². The number of fused-ring (bicyclic) bond motifs is 2. The number of halogens is 1. The van der Waals surface area contributed by atoms with E-state index in [0.717, 1.165) is 42.9 Å². The van der Waals surface area contributed by atoms with Crippen molar-refractivity contribution in [2.24, 2.45) is 5.92 Å². The van der Waals surface area contributed by atoms with E-state index >= 15 is 0 Å². The molecule has 1 amide bonds. The fourth-order valence-corrected chi connectivity index (χ4v) is 4.44. The van der Waals surface area contributed by atoms with Gasteiger partial charge in [-0.2, -0.15) is 0 Å². The van der Waals surface area contributed by atoms with Gasteiger partial charge in [-0.05, 0) is 49.8 Å². The van der Waals surface area contributed by atoms with Crippen LogP contribution in [0.3, 0.4) is 0 Å². The molecule has 2 bridgehead atoms. The zero-order valence-electron chi connectivity index (χ0n) is 13.1. The second kappa shape index (κ2) is 6.42. The van der Waals surface area contributed by atoms with Gasteiger partial charge in [0.25, 0.3) is 0 Å². The van der Waals surface area contributed by atoms with Gasteiger partial charge in [0, 0.05) is 23.7 Å². The molecule has 0 radical (unpaired) electrons. The molecule has 3 heterocycles. The first-order valence-electron chi connectivity index (χ1n) is 8.64. The standard InChI is InChI=1S/C18H23ClN2O2/c19-12-5-3-11(4-6-12)17-16(2-1-9-23-17)21-18(22)14-10-13-7-8-15(14)20-13/h3-6,13-17,20H,1-2,7-10H2,(H,21,22)/t13-,14-,15+,16-,17+/m1/s1. The molecule has 3 fully saturated rings. The normalized spacial score (nSPS) is 36.1. The number of ether oxygens (including phenoxy) is 1. The Morgan fingerprint density at radius 2 is 2.04 bits per heavy atom. The second-order valence-electron chi connectivity index (χ2n) is 6.99. The Morgan fingerprint density at radius 3 is 2.74 bits per heavy atom. The van der Waals surface area contributed by atoms with Crippen LogP contribution in [-0.4, -0.2) is 30.6 Å². The number of carbonyl (C=O) groups excluding carboxylic acids is 1. The Kier molecular flexibility index (Phi) is 4.31. The maximum absolute atomic E-state index is 12.7. The van der Waals surface area contributed by atoms with Crippen LogP contribution in [0.4, 0.5) is 0 Å². The molecule has 3 saturated heterocycles. The summed E-state index contributed by atoms with van der Waals surface area (Å²) in [5.74, 6) is 0.320. The van der Waals surface area contributed by atoms with Crippen molar-refractivity contribution in [3.05, 3.63) is 34.9 Å². The first-order valence-corrected chi connectivity index (χ1v) is 9.02. The maximum atomic E-state index is 12.7. The molecular weight excluding hydrogens is 312 g/mol. The number of benzene rings is 1. The van der Waals surface area contributed by atoms with Crippen LogP contribution >= 0.6 is 11.6 Å². The van der Waals surface area contributed by atoms with Gasteiger partial charge < -0.3 is 15.4 Å². The molecule has 4 nitrogen and oxygen atoms in total. The third-order valence-electron chi connectivity index (χ3n) is 5.49. The summed E-state index contributed by atoms with van der Waals surface area (Å²) in [5.41, 5.74) is 1.09. The minimum Gasteiger partial charge on any atom is -0.371 e. The van der Waals surface area contributed by atoms with E-state index < -0.39 is 0 Å². The summed E-state index contributed by atoms with van der Waals surface area (Å²) in [6.45, 7) is 0.745. The molecule has 0 saturated carbocycles. The van der Waals surface area contributed by atoms with E-state index in [1.54, 1.807) is 0 Å². The van der Waals surface area contributed by atoms with E-state index in [9.17, 15) is 4.79 Å². The van der Waals surface area contributed by atoms with E-state index in [1.165, 1.54) is 6.42 Å². The number of amides is 1. The van der Waals surface area contributed by atoms with Crippen molar-refractivity contribution in [2.45, 2.75) is 56.3 Å². The smallest absolute Gasteiger partial charge is 0.225 e. The van der Waals surface area contributed by atoms with Crippen molar-refractivity contribution < 1.29 is 9.53 Å². The van der Waals surface area contributed by atoms with Crippen LogP contribution in [0.25, 0.3) is 0 Å². The Labute approximate surface area is 141 Å². The topological polar surface area (TPSA) is 50.4 Å². The van der Waals surface area contributed by atoms with Crippen molar-refractivity contribution in [3.63, 3.8) is 0 Å². The van der Waals surface area contributed by atoms with Crippen LogP contribution < -0.4 is 10.6 Å². The molecule has 23 heavy (non-hydrogen) atoms. The van der Waals surface area contributed by atoms with Crippen LogP contribution in [0.15, 0.2) is 24.3 Å². The number of hydrogen-bond donors (Lipinski definition) is 2. The fraction of sp³-hybridized carbons (Fsp3) is 0.611. The third-order valence-corrected chi connectivity index (χ3v) is 5.74. The summed E-state index contributed by atoms with van der Waals surface area (Å²) in [4.78, 5) is 12.7. The van der Waals surface area contributed by atoms with Crippen LogP contribution in [0.2, 0.25) is 5.02 Å². The van der Waals surface area contributed by atoms with E-state index in [0.29, 0.717) is 12.1 Å². The zero-order chi connectivity index (χ0) is 15.8. The molecule has 3 aliphatic rings. The minimum absolute atomic E-state index is 0.0524. The molecule has 3 aliphatic heterocycles.